The molecule has 1 aromatic heterocycles. The molecule has 1 fully saturated rings. The standard InChI is InChI=1S/C12H15F2N3O3/c13-12(14,5-8-1-2-8)7-16-10-11(20)17(4-3-15-10)6-9(18)19/h3-4,8H,1-2,5-7H2,(H,15,16)(H,18,19). The quantitative estimate of drug-likeness (QED) is 0.786. The van der Waals surface area contributed by atoms with Crippen LogP contribution in [0.15, 0.2) is 17.2 Å². The van der Waals surface area contributed by atoms with Crippen molar-refractivity contribution in [2.24, 2.45) is 5.92 Å². The maximum atomic E-state index is 13.5. The molecule has 1 aromatic rings. The van der Waals surface area contributed by atoms with Gasteiger partial charge in [-0.25, -0.2) is 13.8 Å². The number of halogens is 2. The Morgan fingerprint density at radius 2 is 2.25 bits per heavy atom. The first kappa shape index (κ1) is 14.4. The fourth-order valence-electron chi connectivity index (χ4n) is 1.87. The van der Waals surface area contributed by atoms with Crippen molar-refractivity contribution >= 4 is 11.8 Å². The van der Waals surface area contributed by atoms with Crippen molar-refractivity contribution in [3.05, 3.63) is 22.7 Å². The number of nitrogens with one attached hydrogen (secondary N) is 1. The number of carboxylic acids is 1. The van der Waals surface area contributed by atoms with Gasteiger partial charge in [0.25, 0.3) is 11.5 Å². The molecule has 0 aromatic carbocycles. The zero-order valence-corrected chi connectivity index (χ0v) is 10.7. The van der Waals surface area contributed by atoms with Gasteiger partial charge in [0.1, 0.15) is 6.54 Å². The lowest BCUT2D eigenvalue weighted by Crippen LogP contribution is -2.32. The van der Waals surface area contributed by atoms with E-state index in [1.165, 1.54) is 12.4 Å². The summed E-state index contributed by atoms with van der Waals surface area (Å²) in [5, 5.41) is 10.9. The van der Waals surface area contributed by atoms with E-state index in [9.17, 15) is 18.4 Å². The van der Waals surface area contributed by atoms with Gasteiger partial charge in [-0.15, -0.1) is 0 Å². The Balaban J connectivity index is 2.01. The molecule has 1 aliphatic carbocycles. The minimum absolute atomic E-state index is 0.0687. The maximum absolute atomic E-state index is 13.5. The highest BCUT2D eigenvalue weighted by Crippen LogP contribution is 2.38. The number of alkyl halides is 2. The van der Waals surface area contributed by atoms with Crippen LogP contribution >= 0.6 is 0 Å². The molecule has 20 heavy (non-hydrogen) atoms. The number of rotatable bonds is 7. The summed E-state index contributed by atoms with van der Waals surface area (Å²) in [5.74, 6) is -4.28. The fourth-order valence-corrected chi connectivity index (χ4v) is 1.87. The molecule has 0 aliphatic heterocycles. The average Bonchev–Trinajstić information content (AvgIpc) is 3.13. The number of nitrogens with zero attached hydrogens (tertiary/aromatic N) is 2. The van der Waals surface area contributed by atoms with Crippen LogP contribution in [-0.4, -0.2) is 33.1 Å². The number of aliphatic carboxylic acids is 1. The van der Waals surface area contributed by atoms with Crippen LogP contribution < -0.4 is 10.9 Å². The highest BCUT2D eigenvalue weighted by Gasteiger charge is 2.37. The van der Waals surface area contributed by atoms with E-state index in [0.717, 1.165) is 17.4 Å². The summed E-state index contributed by atoms with van der Waals surface area (Å²) in [5.41, 5.74) is -0.725. The van der Waals surface area contributed by atoms with Crippen LogP contribution in [0.2, 0.25) is 0 Å². The number of anilines is 1. The number of carbonyl (C=O) groups is 1. The molecule has 8 heteroatoms. The number of hydrogen-bond acceptors (Lipinski definition) is 4. The van der Waals surface area contributed by atoms with Gasteiger partial charge in [0.15, 0.2) is 5.82 Å². The molecule has 2 rings (SSSR count). The third-order valence-corrected chi connectivity index (χ3v) is 3.02. The zero-order valence-electron chi connectivity index (χ0n) is 10.7. The van der Waals surface area contributed by atoms with Crippen LogP contribution in [0.25, 0.3) is 0 Å². The van der Waals surface area contributed by atoms with Crippen molar-refractivity contribution in [2.75, 3.05) is 11.9 Å². The SMILES string of the molecule is O=C(O)Cn1ccnc(NCC(F)(F)CC2CC2)c1=O. The van der Waals surface area contributed by atoms with Crippen LogP contribution in [-0.2, 0) is 11.3 Å². The Bertz CT molecular complexity index is 555. The van der Waals surface area contributed by atoms with Crippen LogP contribution in [0, 0.1) is 5.92 Å². The van der Waals surface area contributed by atoms with E-state index in [1.807, 2.05) is 0 Å². The lowest BCUT2D eigenvalue weighted by Gasteiger charge is -2.16. The number of carboxylic acid groups (broad SMARTS) is 1. The first-order valence-corrected chi connectivity index (χ1v) is 6.26. The van der Waals surface area contributed by atoms with Gasteiger partial charge in [0.2, 0.25) is 0 Å². The molecule has 2 N–H and O–H groups in total. The molecule has 1 saturated carbocycles. The summed E-state index contributed by atoms with van der Waals surface area (Å²) in [7, 11) is 0. The Kier molecular flexibility index (Phi) is 4.01. The molecule has 0 unspecified atom stereocenters. The van der Waals surface area contributed by atoms with Crippen molar-refractivity contribution in [1.82, 2.24) is 9.55 Å². The van der Waals surface area contributed by atoms with Crippen LogP contribution in [0.4, 0.5) is 14.6 Å². The maximum Gasteiger partial charge on any atom is 0.323 e. The van der Waals surface area contributed by atoms with Crippen molar-refractivity contribution in [3.8, 4) is 0 Å². The summed E-state index contributed by atoms with van der Waals surface area (Å²) in [4.78, 5) is 26.0. The second-order valence-electron chi connectivity index (χ2n) is 4.96. The highest BCUT2D eigenvalue weighted by molar-refractivity contribution is 5.66. The predicted molar refractivity (Wildman–Crippen MR) is 66.9 cm³/mol. The van der Waals surface area contributed by atoms with Crippen molar-refractivity contribution in [2.45, 2.75) is 31.7 Å². The molecule has 1 aliphatic rings. The van der Waals surface area contributed by atoms with Gasteiger partial charge in [-0.05, 0) is 18.8 Å². The van der Waals surface area contributed by atoms with Crippen molar-refractivity contribution < 1.29 is 18.7 Å². The van der Waals surface area contributed by atoms with Crippen molar-refractivity contribution in [1.29, 1.82) is 0 Å². The summed E-state index contributed by atoms with van der Waals surface area (Å²) < 4.78 is 28.0. The molecule has 0 spiro atoms. The summed E-state index contributed by atoms with van der Waals surface area (Å²) >= 11 is 0. The summed E-state index contributed by atoms with van der Waals surface area (Å²) in [6.45, 7) is -1.21. The minimum Gasteiger partial charge on any atom is -0.480 e. The van der Waals surface area contributed by atoms with Gasteiger partial charge in [0, 0.05) is 18.8 Å². The molecule has 110 valence electrons. The zero-order chi connectivity index (χ0) is 14.8. The van der Waals surface area contributed by atoms with Gasteiger partial charge in [-0.2, -0.15) is 0 Å². The molecule has 1 heterocycles. The van der Waals surface area contributed by atoms with Crippen LogP contribution in [0.3, 0.4) is 0 Å². The number of hydrogen-bond donors (Lipinski definition) is 2. The molecule has 0 amide bonds. The average molecular weight is 287 g/mol. The van der Waals surface area contributed by atoms with Gasteiger partial charge in [-0.3, -0.25) is 14.2 Å². The summed E-state index contributed by atoms with van der Waals surface area (Å²) in [6, 6.07) is 0. The van der Waals surface area contributed by atoms with E-state index in [-0.39, 0.29) is 18.2 Å². The molecular formula is C12H15F2N3O3. The van der Waals surface area contributed by atoms with Gasteiger partial charge in [0.05, 0.1) is 6.54 Å². The third-order valence-electron chi connectivity index (χ3n) is 3.02. The lowest BCUT2D eigenvalue weighted by atomic mass is 10.1. The van der Waals surface area contributed by atoms with Crippen LogP contribution in [0.1, 0.15) is 19.3 Å². The highest BCUT2D eigenvalue weighted by atomic mass is 19.3. The Morgan fingerprint density at radius 3 is 2.85 bits per heavy atom. The van der Waals surface area contributed by atoms with Gasteiger partial charge in [-0.1, -0.05) is 0 Å². The first-order valence-electron chi connectivity index (χ1n) is 6.26. The molecular weight excluding hydrogens is 272 g/mol. The fraction of sp³-hybridized carbons (Fsp3) is 0.583. The van der Waals surface area contributed by atoms with E-state index >= 15 is 0 Å². The Morgan fingerprint density at radius 1 is 1.55 bits per heavy atom. The Labute approximate surface area is 113 Å². The summed E-state index contributed by atoms with van der Waals surface area (Å²) in [6.07, 6.45) is 3.85. The predicted octanol–water partition coefficient (Wildman–Crippen LogP) is 1.18. The van der Waals surface area contributed by atoms with Gasteiger partial charge < -0.3 is 10.4 Å². The second kappa shape index (κ2) is 5.56. The normalized spacial score (nSPS) is 15.1. The number of aromatic nitrogens is 2. The third kappa shape index (κ3) is 4.01. The monoisotopic (exact) mass is 287 g/mol. The molecule has 6 nitrogen and oxygen atoms in total. The van der Waals surface area contributed by atoms with Crippen LogP contribution in [0.5, 0.6) is 0 Å². The minimum atomic E-state index is -2.90. The largest absolute Gasteiger partial charge is 0.480 e. The topological polar surface area (TPSA) is 84.2 Å². The van der Waals surface area contributed by atoms with E-state index in [1.54, 1.807) is 0 Å². The lowest BCUT2D eigenvalue weighted by molar-refractivity contribution is -0.137. The Hall–Kier alpha value is -1.99. The molecule has 0 atom stereocenters. The molecule has 0 radical (unpaired) electrons. The first-order chi connectivity index (χ1) is 9.37. The molecule has 0 bridgehead atoms. The van der Waals surface area contributed by atoms with E-state index in [4.69, 9.17) is 5.11 Å². The molecule has 0 saturated heterocycles. The van der Waals surface area contributed by atoms with Crippen molar-refractivity contribution in [3.63, 3.8) is 0 Å². The smallest absolute Gasteiger partial charge is 0.323 e. The van der Waals surface area contributed by atoms with Gasteiger partial charge >= 0.3 is 5.97 Å². The second-order valence-corrected chi connectivity index (χ2v) is 4.96. The van der Waals surface area contributed by atoms with E-state index in [2.05, 4.69) is 10.3 Å². The van der Waals surface area contributed by atoms with E-state index in [0.29, 0.717) is 0 Å². The van der Waals surface area contributed by atoms with E-state index < -0.39 is 30.5 Å².